The Kier molecular flexibility index (Phi) is 4.95. The van der Waals surface area contributed by atoms with Gasteiger partial charge < -0.3 is 10.0 Å². The maximum absolute atomic E-state index is 14.5. The number of benzene rings is 1. The van der Waals surface area contributed by atoms with E-state index in [0.29, 0.717) is 35.3 Å². The van der Waals surface area contributed by atoms with Gasteiger partial charge in [-0.05, 0) is 48.4 Å². The van der Waals surface area contributed by atoms with Gasteiger partial charge in [-0.2, -0.15) is 5.10 Å². The zero-order valence-corrected chi connectivity index (χ0v) is 18.9. The molecule has 8 heteroatoms. The summed E-state index contributed by atoms with van der Waals surface area (Å²) in [5.41, 5.74) is 9.25. The fourth-order valence-electron chi connectivity index (χ4n) is 5.88. The number of hydrogen-bond acceptors (Lipinski definition) is 5. The van der Waals surface area contributed by atoms with E-state index in [1.807, 2.05) is 13.2 Å². The standard InChI is InChI=1S/C26H26F2N4O2/c1-31-12-20(15-2-4-32(5-3-15)17-6-14(7-17)8-24(33)34)26-21(13-31)18-9-16(27)10-19-22(28)11-23(25(18)19)29-30-26/h2,9-11,13-14,17,30H,3-8,12H2,1H3,(H,33,34). The molecule has 3 heterocycles. The molecule has 5 aliphatic rings. The van der Waals surface area contributed by atoms with Gasteiger partial charge in [0.05, 0.1) is 11.4 Å². The van der Waals surface area contributed by atoms with Gasteiger partial charge in [0.2, 0.25) is 0 Å². The maximum Gasteiger partial charge on any atom is 0.303 e. The molecule has 2 N–H and O–H groups in total. The second-order valence-corrected chi connectivity index (χ2v) is 9.85. The third-order valence-electron chi connectivity index (χ3n) is 7.61. The summed E-state index contributed by atoms with van der Waals surface area (Å²) in [7, 11) is 1.99. The van der Waals surface area contributed by atoms with Crippen LogP contribution in [0.4, 0.5) is 8.78 Å². The lowest BCUT2D eigenvalue weighted by Gasteiger charge is -2.44. The van der Waals surface area contributed by atoms with Gasteiger partial charge in [-0.1, -0.05) is 6.08 Å². The van der Waals surface area contributed by atoms with Gasteiger partial charge in [-0.15, -0.1) is 0 Å². The van der Waals surface area contributed by atoms with E-state index < -0.39 is 17.6 Å². The first-order chi connectivity index (χ1) is 16.4. The third kappa shape index (κ3) is 3.48. The molecular formula is C26H26F2N4O2. The number of carboxylic acids is 1. The topological polar surface area (TPSA) is 68.2 Å². The van der Waals surface area contributed by atoms with Gasteiger partial charge in [0.25, 0.3) is 0 Å². The van der Waals surface area contributed by atoms with Gasteiger partial charge >= 0.3 is 5.97 Å². The highest BCUT2D eigenvalue weighted by atomic mass is 19.1. The first-order valence-corrected chi connectivity index (χ1v) is 11.7. The lowest BCUT2D eigenvalue weighted by atomic mass is 9.76. The normalized spacial score (nSPS) is 25.8. The zero-order chi connectivity index (χ0) is 23.6. The number of hydrazone groups is 1. The number of aliphatic carboxylic acids is 1. The van der Waals surface area contributed by atoms with Gasteiger partial charge in [0.15, 0.2) is 0 Å². The predicted molar refractivity (Wildman–Crippen MR) is 126 cm³/mol. The summed E-state index contributed by atoms with van der Waals surface area (Å²) in [6.45, 7) is 2.46. The van der Waals surface area contributed by atoms with E-state index in [1.165, 1.54) is 23.8 Å². The molecule has 1 fully saturated rings. The van der Waals surface area contributed by atoms with Crippen molar-refractivity contribution in [2.24, 2.45) is 11.0 Å². The lowest BCUT2D eigenvalue weighted by Crippen LogP contribution is -2.47. The summed E-state index contributed by atoms with van der Waals surface area (Å²) in [5.74, 6) is -1.35. The summed E-state index contributed by atoms with van der Waals surface area (Å²) in [6.07, 6.45) is 8.64. The van der Waals surface area contributed by atoms with E-state index in [4.69, 9.17) is 5.11 Å². The molecule has 1 aromatic rings. The predicted octanol–water partition coefficient (Wildman–Crippen LogP) is 3.88. The fraction of sp³-hybridized carbons (Fsp3) is 0.385. The van der Waals surface area contributed by atoms with E-state index in [-0.39, 0.29) is 12.0 Å². The Morgan fingerprint density at radius 2 is 2.06 bits per heavy atom. The van der Waals surface area contributed by atoms with Crippen LogP contribution in [-0.2, 0) is 4.79 Å². The number of fused-ring (bicyclic) bond motifs is 2. The van der Waals surface area contributed by atoms with E-state index in [2.05, 4.69) is 26.4 Å². The van der Waals surface area contributed by atoms with E-state index in [9.17, 15) is 13.6 Å². The third-order valence-corrected chi connectivity index (χ3v) is 7.61. The molecule has 6 rings (SSSR count). The largest absolute Gasteiger partial charge is 0.481 e. The number of hydrogen-bond donors (Lipinski definition) is 2. The van der Waals surface area contributed by atoms with Crippen LogP contribution in [0.25, 0.3) is 11.4 Å². The molecule has 2 aliphatic carbocycles. The number of likely N-dealkylation sites (N-methyl/N-ethyl adjacent to an activating group) is 1. The van der Waals surface area contributed by atoms with Crippen LogP contribution in [0.1, 0.15) is 42.4 Å². The molecular weight excluding hydrogens is 438 g/mol. The van der Waals surface area contributed by atoms with Crippen molar-refractivity contribution in [2.75, 3.05) is 26.7 Å². The van der Waals surface area contributed by atoms with Gasteiger partial charge in [-0.25, -0.2) is 8.78 Å². The first kappa shape index (κ1) is 21.3. The van der Waals surface area contributed by atoms with Crippen LogP contribution in [0.3, 0.4) is 0 Å². The minimum Gasteiger partial charge on any atom is -0.481 e. The zero-order valence-electron chi connectivity index (χ0n) is 18.9. The number of carbonyl (C=O) groups is 1. The van der Waals surface area contributed by atoms with Crippen molar-refractivity contribution in [1.82, 2.24) is 15.2 Å². The monoisotopic (exact) mass is 464 g/mol. The molecule has 0 radical (unpaired) electrons. The quantitative estimate of drug-likeness (QED) is 0.708. The van der Waals surface area contributed by atoms with Crippen molar-refractivity contribution in [3.8, 4) is 0 Å². The SMILES string of the molecule is CN1C=C2C(=C(C3=CCN(C4CC(CC(=O)O)C4)CC3)C1)NN=C1C=C(F)c3cc(F)cc2c31. The van der Waals surface area contributed by atoms with Crippen molar-refractivity contribution in [2.45, 2.75) is 31.7 Å². The molecule has 0 amide bonds. The number of nitrogens with one attached hydrogen (secondary N) is 1. The van der Waals surface area contributed by atoms with Crippen molar-refractivity contribution in [1.29, 1.82) is 0 Å². The number of halogens is 2. The molecule has 0 bridgehead atoms. The van der Waals surface area contributed by atoms with Crippen LogP contribution in [0.15, 0.2) is 52.4 Å². The average Bonchev–Trinajstić information content (AvgIpc) is 3.00. The molecule has 6 nitrogen and oxygen atoms in total. The summed E-state index contributed by atoms with van der Waals surface area (Å²) in [4.78, 5) is 15.4. The highest BCUT2D eigenvalue weighted by Gasteiger charge is 2.36. The van der Waals surface area contributed by atoms with E-state index >= 15 is 0 Å². The average molecular weight is 465 g/mol. The van der Waals surface area contributed by atoms with Crippen LogP contribution < -0.4 is 5.43 Å². The minimum absolute atomic E-state index is 0.252. The number of rotatable bonds is 4. The lowest BCUT2D eigenvalue weighted by molar-refractivity contribution is -0.139. The molecule has 34 heavy (non-hydrogen) atoms. The maximum atomic E-state index is 14.5. The molecule has 176 valence electrons. The molecule has 0 saturated heterocycles. The van der Waals surface area contributed by atoms with Crippen LogP contribution in [0.5, 0.6) is 0 Å². The van der Waals surface area contributed by atoms with Crippen LogP contribution in [0.2, 0.25) is 0 Å². The number of allylic oxidation sites excluding steroid dienone is 2. The van der Waals surface area contributed by atoms with Crippen molar-refractivity contribution < 1.29 is 18.7 Å². The summed E-state index contributed by atoms with van der Waals surface area (Å²) >= 11 is 0. The summed E-state index contributed by atoms with van der Waals surface area (Å²) in [6, 6.07) is 3.16. The highest BCUT2D eigenvalue weighted by molar-refractivity contribution is 6.21. The number of nitrogens with zero attached hydrogens (tertiary/aromatic N) is 3. The molecule has 3 aliphatic heterocycles. The Morgan fingerprint density at radius 3 is 2.79 bits per heavy atom. The van der Waals surface area contributed by atoms with Gasteiger partial charge in [0.1, 0.15) is 11.6 Å². The second kappa shape index (κ2) is 7.91. The Labute approximate surface area is 196 Å². The fourth-order valence-corrected chi connectivity index (χ4v) is 5.88. The Hall–Kier alpha value is -3.26. The Bertz CT molecular complexity index is 1250. The molecule has 0 aromatic heterocycles. The van der Waals surface area contributed by atoms with Crippen LogP contribution in [-0.4, -0.2) is 59.3 Å². The highest BCUT2D eigenvalue weighted by Crippen LogP contribution is 2.42. The minimum atomic E-state index is -0.712. The number of carboxylic acid groups (broad SMARTS) is 1. The van der Waals surface area contributed by atoms with Crippen LogP contribution in [0, 0.1) is 11.7 Å². The summed E-state index contributed by atoms with van der Waals surface area (Å²) in [5, 5.41) is 13.5. The van der Waals surface area contributed by atoms with Gasteiger partial charge in [-0.3, -0.25) is 15.1 Å². The van der Waals surface area contributed by atoms with Crippen molar-refractivity contribution >= 4 is 23.1 Å². The first-order valence-electron chi connectivity index (χ1n) is 11.7. The Morgan fingerprint density at radius 1 is 1.26 bits per heavy atom. The van der Waals surface area contributed by atoms with Crippen molar-refractivity contribution in [3.63, 3.8) is 0 Å². The van der Waals surface area contributed by atoms with E-state index in [0.717, 1.165) is 49.2 Å². The molecule has 0 spiro atoms. The second-order valence-electron chi connectivity index (χ2n) is 9.85. The molecule has 0 unspecified atom stereocenters. The molecule has 1 aromatic carbocycles. The molecule has 0 atom stereocenters. The summed E-state index contributed by atoms with van der Waals surface area (Å²) < 4.78 is 28.9. The van der Waals surface area contributed by atoms with Gasteiger partial charge in [0, 0.05) is 73.7 Å². The van der Waals surface area contributed by atoms with Crippen molar-refractivity contribution in [3.05, 3.63) is 69.8 Å². The van der Waals surface area contributed by atoms with Crippen LogP contribution >= 0.6 is 0 Å². The van der Waals surface area contributed by atoms with E-state index in [1.54, 1.807) is 0 Å². The Balaban J connectivity index is 1.30. The smallest absolute Gasteiger partial charge is 0.303 e. The molecule has 1 saturated carbocycles.